The maximum atomic E-state index is 13.0. The number of methoxy groups -OCH3 is 3. The summed E-state index contributed by atoms with van der Waals surface area (Å²) < 4.78 is 23.0. The van der Waals surface area contributed by atoms with Crippen molar-refractivity contribution in [2.75, 3.05) is 33.8 Å². The SMILES string of the molecule is COc1cc(-c2ccc3c(C(=O)NC(C)(C)COC(=O)CCl)nn(C)c3c2)cc(OC)c1OC. The van der Waals surface area contributed by atoms with Gasteiger partial charge >= 0.3 is 5.97 Å². The first-order chi connectivity index (χ1) is 16.1. The molecule has 2 aromatic carbocycles. The van der Waals surface area contributed by atoms with Crippen molar-refractivity contribution >= 4 is 34.4 Å². The molecule has 1 N–H and O–H groups in total. The fourth-order valence-electron chi connectivity index (χ4n) is 3.55. The van der Waals surface area contributed by atoms with Crippen LogP contribution in [-0.4, -0.2) is 61.0 Å². The Balaban J connectivity index is 1.94. The number of nitrogens with one attached hydrogen (secondary N) is 1. The second-order valence-corrected chi connectivity index (χ2v) is 8.52. The van der Waals surface area contributed by atoms with Crippen LogP contribution in [0.4, 0.5) is 0 Å². The molecule has 34 heavy (non-hydrogen) atoms. The zero-order chi connectivity index (χ0) is 25.0. The van der Waals surface area contributed by atoms with Crippen molar-refractivity contribution in [2.45, 2.75) is 19.4 Å². The Labute approximate surface area is 202 Å². The number of amides is 1. The number of fused-ring (bicyclic) bond motifs is 1. The number of ether oxygens (including phenoxy) is 4. The maximum absolute atomic E-state index is 13.0. The first-order valence-electron chi connectivity index (χ1n) is 10.4. The topological polar surface area (TPSA) is 101 Å². The van der Waals surface area contributed by atoms with E-state index in [1.54, 1.807) is 46.9 Å². The highest BCUT2D eigenvalue weighted by Gasteiger charge is 2.26. The van der Waals surface area contributed by atoms with E-state index in [2.05, 4.69) is 10.4 Å². The van der Waals surface area contributed by atoms with E-state index in [0.717, 1.165) is 16.6 Å². The van der Waals surface area contributed by atoms with Crippen molar-refractivity contribution in [1.29, 1.82) is 0 Å². The molecule has 0 saturated heterocycles. The Hall–Kier alpha value is -3.46. The van der Waals surface area contributed by atoms with E-state index in [0.29, 0.717) is 22.6 Å². The molecule has 0 aliphatic carbocycles. The summed E-state index contributed by atoms with van der Waals surface area (Å²) in [6, 6.07) is 9.40. The van der Waals surface area contributed by atoms with E-state index in [-0.39, 0.29) is 24.1 Å². The van der Waals surface area contributed by atoms with Gasteiger partial charge in [-0.1, -0.05) is 6.07 Å². The number of rotatable bonds is 9. The molecule has 3 rings (SSSR count). The van der Waals surface area contributed by atoms with Crippen molar-refractivity contribution in [3.63, 3.8) is 0 Å². The number of halogens is 1. The van der Waals surface area contributed by atoms with Crippen LogP contribution >= 0.6 is 11.6 Å². The summed E-state index contributed by atoms with van der Waals surface area (Å²) in [5, 5.41) is 7.97. The summed E-state index contributed by atoms with van der Waals surface area (Å²) >= 11 is 5.46. The van der Waals surface area contributed by atoms with Gasteiger partial charge < -0.3 is 24.3 Å². The highest BCUT2D eigenvalue weighted by molar-refractivity contribution is 6.26. The highest BCUT2D eigenvalue weighted by Crippen LogP contribution is 2.41. The quantitative estimate of drug-likeness (QED) is 0.362. The Bertz CT molecular complexity index is 1200. The molecule has 0 aliphatic heterocycles. The van der Waals surface area contributed by atoms with Gasteiger partial charge in [0, 0.05) is 12.4 Å². The summed E-state index contributed by atoms with van der Waals surface area (Å²) in [6.07, 6.45) is 0. The van der Waals surface area contributed by atoms with E-state index >= 15 is 0 Å². The maximum Gasteiger partial charge on any atom is 0.320 e. The van der Waals surface area contributed by atoms with Crippen LogP contribution in [0.1, 0.15) is 24.3 Å². The van der Waals surface area contributed by atoms with Crippen molar-refractivity contribution in [2.24, 2.45) is 7.05 Å². The molecular formula is C24H28ClN3O6. The second-order valence-electron chi connectivity index (χ2n) is 8.25. The third-order valence-electron chi connectivity index (χ3n) is 5.22. The minimum Gasteiger partial charge on any atom is -0.493 e. The minimum absolute atomic E-state index is 0.0135. The van der Waals surface area contributed by atoms with Gasteiger partial charge in [-0.2, -0.15) is 5.10 Å². The molecular weight excluding hydrogens is 462 g/mol. The average molecular weight is 490 g/mol. The van der Waals surface area contributed by atoms with E-state index in [1.807, 2.05) is 30.3 Å². The van der Waals surface area contributed by atoms with Gasteiger partial charge in [-0.25, -0.2) is 0 Å². The van der Waals surface area contributed by atoms with Gasteiger partial charge in [-0.05, 0) is 49.2 Å². The number of benzene rings is 2. The van der Waals surface area contributed by atoms with Gasteiger partial charge in [0.1, 0.15) is 12.5 Å². The van der Waals surface area contributed by atoms with Crippen molar-refractivity contribution in [1.82, 2.24) is 15.1 Å². The van der Waals surface area contributed by atoms with Gasteiger partial charge in [0.2, 0.25) is 5.75 Å². The molecule has 0 spiro atoms. The van der Waals surface area contributed by atoms with E-state index in [4.69, 9.17) is 30.5 Å². The van der Waals surface area contributed by atoms with Crippen LogP contribution in [0, 0.1) is 0 Å². The van der Waals surface area contributed by atoms with Crippen LogP contribution in [0.5, 0.6) is 17.2 Å². The number of aryl methyl sites for hydroxylation is 1. The summed E-state index contributed by atoms with van der Waals surface area (Å²) in [4.78, 5) is 24.3. The normalized spacial score (nSPS) is 11.3. The molecule has 182 valence electrons. The van der Waals surface area contributed by atoms with Crippen LogP contribution in [0.25, 0.3) is 22.0 Å². The van der Waals surface area contributed by atoms with Crippen LogP contribution < -0.4 is 19.5 Å². The summed E-state index contributed by atoms with van der Waals surface area (Å²) in [7, 11) is 6.45. The standard InChI is InChI=1S/C24H28ClN3O6/c1-24(2,13-34-20(29)12-25)26-23(30)21-16-8-7-14(9-17(16)28(3)27-21)15-10-18(31-4)22(33-6)19(11-15)32-5/h7-11H,12-13H2,1-6H3,(H,26,30). The molecule has 0 saturated carbocycles. The van der Waals surface area contributed by atoms with Crippen LogP contribution in [-0.2, 0) is 16.6 Å². The highest BCUT2D eigenvalue weighted by atomic mass is 35.5. The van der Waals surface area contributed by atoms with Crippen LogP contribution in [0.2, 0.25) is 0 Å². The number of esters is 1. The lowest BCUT2D eigenvalue weighted by Crippen LogP contribution is -2.47. The Kier molecular flexibility index (Phi) is 7.56. The summed E-state index contributed by atoms with van der Waals surface area (Å²) in [5.41, 5.74) is 1.97. The molecule has 1 aromatic heterocycles. The first kappa shape index (κ1) is 25.2. The van der Waals surface area contributed by atoms with Gasteiger partial charge in [-0.15, -0.1) is 11.6 Å². The second kappa shape index (κ2) is 10.2. The Morgan fingerprint density at radius 3 is 2.24 bits per heavy atom. The largest absolute Gasteiger partial charge is 0.493 e. The number of carbonyl (C=O) groups is 2. The van der Waals surface area contributed by atoms with Gasteiger partial charge in [-0.3, -0.25) is 14.3 Å². The lowest BCUT2D eigenvalue weighted by molar-refractivity contribution is -0.142. The van der Waals surface area contributed by atoms with Crippen molar-refractivity contribution in [3.8, 4) is 28.4 Å². The number of nitrogens with zero attached hydrogens (tertiary/aromatic N) is 2. The lowest BCUT2D eigenvalue weighted by atomic mass is 10.0. The predicted octanol–water partition coefficient (Wildman–Crippen LogP) is 3.56. The van der Waals surface area contributed by atoms with Crippen molar-refractivity contribution < 1.29 is 28.5 Å². The number of carbonyl (C=O) groups excluding carboxylic acids is 2. The average Bonchev–Trinajstić information content (AvgIpc) is 3.17. The minimum atomic E-state index is -0.807. The van der Waals surface area contributed by atoms with Gasteiger partial charge in [0.05, 0.1) is 32.4 Å². The summed E-state index contributed by atoms with van der Waals surface area (Å²) in [6.45, 7) is 3.49. The summed E-state index contributed by atoms with van der Waals surface area (Å²) in [5.74, 6) is 0.417. The number of hydrogen-bond acceptors (Lipinski definition) is 7. The van der Waals surface area contributed by atoms with E-state index < -0.39 is 11.5 Å². The van der Waals surface area contributed by atoms with E-state index in [1.165, 1.54) is 0 Å². The Morgan fingerprint density at radius 2 is 1.68 bits per heavy atom. The molecule has 1 amide bonds. The third kappa shape index (κ3) is 5.20. The lowest BCUT2D eigenvalue weighted by Gasteiger charge is -2.25. The fourth-order valence-corrected chi connectivity index (χ4v) is 3.63. The monoisotopic (exact) mass is 489 g/mol. The molecule has 0 unspecified atom stereocenters. The molecule has 1 heterocycles. The zero-order valence-electron chi connectivity index (χ0n) is 20.0. The number of alkyl halides is 1. The number of hydrogen-bond donors (Lipinski definition) is 1. The van der Waals surface area contributed by atoms with Gasteiger partial charge in [0.15, 0.2) is 17.2 Å². The third-order valence-corrected chi connectivity index (χ3v) is 5.44. The van der Waals surface area contributed by atoms with E-state index in [9.17, 15) is 9.59 Å². The van der Waals surface area contributed by atoms with Crippen LogP contribution in [0.3, 0.4) is 0 Å². The van der Waals surface area contributed by atoms with Gasteiger partial charge in [0.25, 0.3) is 5.91 Å². The van der Waals surface area contributed by atoms with Crippen LogP contribution in [0.15, 0.2) is 30.3 Å². The molecule has 0 radical (unpaired) electrons. The molecule has 9 nitrogen and oxygen atoms in total. The Morgan fingerprint density at radius 1 is 1.03 bits per heavy atom. The smallest absolute Gasteiger partial charge is 0.320 e. The molecule has 3 aromatic rings. The molecule has 0 bridgehead atoms. The van der Waals surface area contributed by atoms with Crippen molar-refractivity contribution in [3.05, 3.63) is 36.0 Å². The predicted molar refractivity (Wildman–Crippen MR) is 129 cm³/mol. The molecule has 0 atom stereocenters. The molecule has 10 heteroatoms. The first-order valence-corrected chi connectivity index (χ1v) is 11.0. The number of aromatic nitrogens is 2. The molecule has 0 aliphatic rings. The fraction of sp³-hybridized carbons (Fsp3) is 0.375. The zero-order valence-corrected chi connectivity index (χ0v) is 20.8. The molecule has 0 fully saturated rings.